The summed E-state index contributed by atoms with van der Waals surface area (Å²) in [5, 5.41) is 8.16. The summed E-state index contributed by atoms with van der Waals surface area (Å²) < 4.78 is 0.818. The Bertz CT molecular complexity index is 776. The Kier molecular flexibility index (Phi) is 7.16. The Labute approximate surface area is 166 Å². The minimum Gasteiger partial charge on any atom is -0.349 e. The molecule has 0 saturated heterocycles. The van der Waals surface area contributed by atoms with Crippen molar-refractivity contribution >= 4 is 44.9 Å². The van der Waals surface area contributed by atoms with E-state index in [1.165, 1.54) is 11.3 Å². The topological polar surface area (TPSA) is 74.3 Å². The highest BCUT2D eigenvalue weighted by atomic mass is 79.9. The molecule has 8 heteroatoms. The lowest BCUT2D eigenvalue weighted by atomic mass is 10.3. The van der Waals surface area contributed by atoms with Gasteiger partial charge in [0.1, 0.15) is 10.7 Å². The fraction of sp³-hybridized carbons (Fsp3) is 0.389. The van der Waals surface area contributed by atoms with E-state index in [1.807, 2.05) is 52.0 Å². The van der Waals surface area contributed by atoms with E-state index < -0.39 is 0 Å². The normalized spacial score (nSPS) is 10.9. The van der Waals surface area contributed by atoms with Crippen LogP contribution in [0, 0.1) is 0 Å². The lowest BCUT2D eigenvalue weighted by Crippen LogP contribution is -2.39. The van der Waals surface area contributed by atoms with Gasteiger partial charge in [-0.15, -0.1) is 11.3 Å². The Hall–Kier alpha value is -1.93. The first kappa shape index (κ1) is 20.4. The molecule has 0 bridgehead atoms. The summed E-state index contributed by atoms with van der Waals surface area (Å²) in [6, 6.07) is 7.27. The predicted molar refractivity (Wildman–Crippen MR) is 109 cm³/mol. The van der Waals surface area contributed by atoms with Crippen LogP contribution in [-0.2, 0) is 6.54 Å². The number of rotatable bonds is 6. The molecule has 0 aliphatic heterocycles. The molecule has 0 unspecified atom stereocenters. The number of thiazole rings is 1. The number of hydrogen-bond acceptors (Lipinski definition) is 4. The highest BCUT2D eigenvalue weighted by Crippen LogP contribution is 2.22. The van der Waals surface area contributed by atoms with Gasteiger partial charge in [0, 0.05) is 21.9 Å². The van der Waals surface area contributed by atoms with Gasteiger partial charge in [-0.2, -0.15) is 0 Å². The van der Waals surface area contributed by atoms with Gasteiger partial charge in [0.15, 0.2) is 0 Å². The number of anilines is 1. The van der Waals surface area contributed by atoms with E-state index in [-0.39, 0.29) is 24.0 Å². The fourth-order valence-corrected chi connectivity index (χ4v) is 3.36. The maximum Gasteiger partial charge on any atom is 0.322 e. The van der Waals surface area contributed by atoms with Crippen molar-refractivity contribution < 1.29 is 9.59 Å². The van der Waals surface area contributed by atoms with E-state index in [0.717, 1.165) is 9.48 Å². The fourth-order valence-electron chi connectivity index (χ4n) is 2.21. The van der Waals surface area contributed by atoms with Gasteiger partial charge in [0.25, 0.3) is 5.91 Å². The number of hydrogen-bond donors (Lipinski definition) is 2. The zero-order valence-corrected chi connectivity index (χ0v) is 17.6. The third-order valence-electron chi connectivity index (χ3n) is 3.51. The third kappa shape index (κ3) is 5.54. The Balaban J connectivity index is 2.09. The van der Waals surface area contributed by atoms with Crippen LogP contribution in [0.25, 0.3) is 0 Å². The third-order valence-corrected chi connectivity index (χ3v) is 5.03. The van der Waals surface area contributed by atoms with Crippen LogP contribution in [0.5, 0.6) is 0 Å². The number of aromatic nitrogens is 1. The van der Waals surface area contributed by atoms with Crippen molar-refractivity contribution in [1.82, 2.24) is 15.2 Å². The van der Waals surface area contributed by atoms with Crippen LogP contribution in [0.15, 0.2) is 34.1 Å². The van der Waals surface area contributed by atoms with Gasteiger partial charge in [-0.1, -0.05) is 12.1 Å². The number of halogens is 1. The summed E-state index contributed by atoms with van der Waals surface area (Å²) in [7, 11) is 0. The van der Waals surface area contributed by atoms with Gasteiger partial charge in [-0.25, -0.2) is 9.78 Å². The van der Waals surface area contributed by atoms with Crippen molar-refractivity contribution in [2.75, 3.05) is 5.32 Å². The molecule has 2 rings (SSSR count). The average Bonchev–Trinajstić information content (AvgIpc) is 3.02. The summed E-state index contributed by atoms with van der Waals surface area (Å²) >= 11 is 4.80. The summed E-state index contributed by atoms with van der Waals surface area (Å²) in [5.74, 6) is -0.198. The van der Waals surface area contributed by atoms with Gasteiger partial charge in [0.05, 0.1) is 12.2 Å². The van der Waals surface area contributed by atoms with E-state index >= 15 is 0 Å². The summed E-state index contributed by atoms with van der Waals surface area (Å²) in [4.78, 5) is 30.8. The molecule has 1 heterocycles. The molecule has 1 aromatic carbocycles. The molecule has 0 fully saturated rings. The van der Waals surface area contributed by atoms with E-state index in [9.17, 15) is 9.59 Å². The van der Waals surface area contributed by atoms with Crippen molar-refractivity contribution in [3.05, 3.63) is 44.8 Å². The molecule has 140 valence electrons. The number of para-hydroxylation sites is 1. The van der Waals surface area contributed by atoms with Crippen LogP contribution in [0.1, 0.15) is 43.2 Å². The van der Waals surface area contributed by atoms with E-state index in [1.54, 1.807) is 10.3 Å². The first-order valence-electron chi connectivity index (χ1n) is 8.35. The number of nitrogens with zero attached hydrogens (tertiary/aromatic N) is 2. The van der Waals surface area contributed by atoms with E-state index in [0.29, 0.717) is 17.9 Å². The lowest BCUT2D eigenvalue weighted by Gasteiger charge is -2.26. The summed E-state index contributed by atoms with van der Waals surface area (Å²) in [6.07, 6.45) is 0. The molecule has 2 aromatic rings. The van der Waals surface area contributed by atoms with Crippen LogP contribution < -0.4 is 10.6 Å². The second-order valence-electron chi connectivity index (χ2n) is 6.39. The zero-order valence-electron chi connectivity index (χ0n) is 15.2. The Morgan fingerprint density at radius 3 is 2.54 bits per heavy atom. The molecule has 6 nitrogen and oxygen atoms in total. The zero-order chi connectivity index (χ0) is 19.3. The van der Waals surface area contributed by atoms with Gasteiger partial charge in [-0.05, 0) is 55.8 Å². The van der Waals surface area contributed by atoms with Crippen LogP contribution in [0.4, 0.5) is 10.5 Å². The predicted octanol–water partition coefficient (Wildman–Crippen LogP) is 4.49. The first-order valence-corrected chi connectivity index (χ1v) is 10.0. The largest absolute Gasteiger partial charge is 0.349 e. The highest BCUT2D eigenvalue weighted by molar-refractivity contribution is 9.10. The maximum atomic E-state index is 12.7. The molecular weight excluding hydrogens is 416 g/mol. The highest BCUT2D eigenvalue weighted by Gasteiger charge is 2.21. The second-order valence-corrected chi connectivity index (χ2v) is 8.18. The molecule has 0 saturated carbocycles. The molecule has 0 aliphatic carbocycles. The average molecular weight is 439 g/mol. The smallest absolute Gasteiger partial charge is 0.322 e. The standard InChI is InChI=1S/C18H23BrN4O2S/c1-11(2)20-17(24)15-10-26-16(21-15)9-23(12(3)4)18(25)22-14-8-6-5-7-13(14)19/h5-8,10-12H,9H2,1-4H3,(H,20,24)(H,22,25). The van der Waals surface area contributed by atoms with E-state index in [4.69, 9.17) is 0 Å². The molecular formula is C18H23BrN4O2S. The minimum absolute atomic E-state index is 0.0191. The first-order chi connectivity index (χ1) is 12.3. The van der Waals surface area contributed by atoms with Crippen molar-refractivity contribution in [3.63, 3.8) is 0 Å². The molecule has 0 spiro atoms. The molecule has 1 aromatic heterocycles. The minimum atomic E-state index is -0.213. The van der Waals surface area contributed by atoms with Crippen molar-refractivity contribution in [2.24, 2.45) is 0 Å². The number of carbonyl (C=O) groups excluding carboxylic acids is 2. The van der Waals surface area contributed by atoms with Crippen molar-refractivity contribution in [2.45, 2.75) is 46.3 Å². The molecule has 3 amide bonds. The van der Waals surface area contributed by atoms with Gasteiger partial charge < -0.3 is 15.5 Å². The molecule has 26 heavy (non-hydrogen) atoms. The van der Waals surface area contributed by atoms with Crippen molar-refractivity contribution in [1.29, 1.82) is 0 Å². The second kappa shape index (κ2) is 9.14. The quantitative estimate of drug-likeness (QED) is 0.697. The number of carbonyl (C=O) groups is 2. The summed E-state index contributed by atoms with van der Waals surface area (Å²) in [5.41, 5.74) is 1.09. The van der Waals surface area contributed by atoms with Crippen molar-refractivity contribution in [3.8, 4) is 0 Å². The number of nitrogens with one attached hydrogen (secondary N) is 2. The molecule has 0 radical (unpaired) electrons. The number of urea groups is 1. The molecule has 2 N–H and O–H groups in total. The van der Waals surface area contributed by atoms with Crippen LogP contribution in [0.2, 0.25) is 0 Å². The number of benzene rings is 1. The Morgan fingerprint density at radius 2 is 1.92 bits per heavy atom. The van der Waals surface area contributed by atoms with Crippen LogP contribution in [-0.4, -0.2) is 33.9 Å². The van der Waals surface area contributed by atoms with Crippen LogP contribution in [0.3, 0.4) is 0 Å². The molecule has 0 aliphatic rings. The lowest BCUT2D eigenvalue weighted by molar-refractivity contribution is 0.0938. The van der Waals surface area contributed by atoms with E-state index in [2.05, 4.69) is 31.5 Å². The number of amides is 3. The maximum absolute atomic E-state index is 12.7. The van der Waals surface area contributed by atoms with Gasteiger partial charge >= 0.3 is 6.03 Å². The van der Waals surface area contributed by atoms with Crippen LogP contribution >= 0.6 is 27.3 Å². The van der Waals surface area contributed by atoms with Gasteiger partial charge in [-0.3, -0.25) is 4.79 Å². The molecule has 0 atom stereocenters. The SMILES string of the molecule is CC(C)NC(=O)c1csc(CN(C(=O)Nc2ccccc2Br)C(C)C)n1. The van der Waals surface area contributed by atoms with Gasteiger partial charge in [0.2, 0.25) is 0 Å². The Morgan fingerprint density at radius 1 is 1.23 bits per heavy atom. The monoisotopic (exact) mass is 438 g/mol. The summed E-state index contributed by atoms with van der Waals surface area (Å²) in [6.45, 7) is 8.03.